The van der Waals surface area contributed by atoms with Gasteiger partial charge in [-0.2, -0.15) is 0 Å². The number of aryl methyl sites for hydroxylation is 1. The Morgan fingerprint density at radius 1 is 1.25 bits per heavy atom. The van der Waals surface area contributed by atoms with Crippen LogP contribution in [0.1, 0.15) is 11.1 Å². The molecule has 0 atom stereocenters. The van der Waals surface area contributed by atoms with E-state index in [1.807, 2.05) is 13.0 Å². The van der Waals surface area contributed by atoms with E-state index in [2.05, 4.69) is 5.32 Å². The molecule has 0 fully saturated rings. The number of anilines is 1. The Labute approximate surface area is 121 Å². The molecule has 1 N–H and O–H groups in total. The van der Waals surface area contributed by atoms with Crippen LogP contribution >= 0.6 is 11.6 Å². The second-order valence-corrected chi connectivity index (χ2v) is 4.73. The predicted molar refractivity (Wildman–Crippen MR) is 80.3 cm³/mol. The average Bonchev–Trinajstić information content (AvgIpc) is 2.41. The van der Waals surface area contributed by atoms with E-state index >= 15 is 0 Å². The predicted octanol–water partition coefficient (Wildman–Crippen LogP) is 4.44. The molecule has 0 aliphatic rings. The van der Waals surface area contributed by atoms with E-state index in [-0.39, 0.29) is 11.7 Å². The lowest BCUT2D eigenvalue weighted by Crippen LogP contribution is -2.08. The summed E-state index contributed by atoms with van der Waals surface area (Å²) in [6.45, 7) is 1.91. The highest BCUT2D eigenvalue weighted by atomic mass is 35.5. The molecule has 0 radical (unpaired) electrons. The second-order valence-electron chi connectivity index (χ2n) is 4.33. The first kappa shape index (κ1) is 14.3. The zero-order chi connectivity index (χ0) is 14.5. The van der Waals surface area contributed by atoms with Crippen molar-refractivity contribution < 1.29 is 9.18 Å². The van der Waals surface area contributed by atoms with Crippen LogP contribution in [0.2, 0.25) is 5.02 Å². The smallest absolute Gasteiger partial charge is 0.248 e. The Morgan fingerprint density at radius 2 is 2.00 bits per heavy atom. The molecule has 4 heteroatoms. The monoisotopic (exact) mass is 289 g/mol. The van der Waals surface area contributed by atoms with Gasteiger partial charge in [-0.1, -0.05) is 35.9 Å². The third kappa shape index (κ3) is 3.68. The lowest BCUT2D eigenvalue weighted by atomic mass is 10.2. The summed E-state index contributed by atoms with van der Waals surface area (Å²) in [5, 5.41) is 3.12. The molecule has 2 nitrogen and oxygen atoms in total. The summed E-state index contributed by atoms with van der Waals surface area (Å²) in [6, 6.07) is 11.6. The number of amides is 1. The standard InChI is InChI=1S/C16H13ClFNO/c1-11-6-8-15(13(17)10-11)19-16(20)9-7-12-4-2-3-5-14(12)18/h2-10H,1H3,(H,19,20)/b9-7+. The number of hydrogen-bond acceptors (Lipinski definition) is 1. The molecule has 0 saturated heterocycles. The molecule has 0 aromatic heterocycles. The molecule has 2 aromatic carbocycles. The van der Waals surface area contributed by atoms with E-state index < -0.39 is 0 Å². The third-order valence-electron chi connectivity index (χ3n) is 2.70. The highest BCUT2D eigenvalue weighted by Gasteiger charge is 2.03. The molecular formula is C16H13ClFNO. The summed E-state index contributed by atoms with van der Waals surface area (Å²) in [6.07, 6.45) is 2.70. The first-order valence-corrected chi connectivity index (χ1v) is 6.44. The maximum absolute atomic E-state index is 13.4. The van der Waals surface area contributed by atoms with Crippen LogP contribution in [-0.2, 0) is 4.79 Å². The molecule has 0 saturated carbocycles. The topological polar surface area (TPSA) is 29.1 Å². The molecule has 0 aliphatic carbocycles. The molecule has 0 aliphatic heterocycles. The Balaban J connectivity index is 2.08. The van der Waals surface area contributed by atoms with Crippen molar-refractivity contribution in [1.82, 2.24) is 0 Å². The van der Waals surface area contributed by atoms with Crippen LogP contribution in [0.3, 0.4) is 0 Å². The van der Waals surface area contributed by atoms with Gasteiger partial charge in [-0.05, 0) is 36.8 Å². The van der Waals surface area contributed by atoms with Crippen molar-refractivity contribution in [3.05, 3.63) is 70.5 Å². The summed E-state index contributed by atoms with van der Waals surface area (Å²) < 4.78 is 13.4. The normalized spacial score (nSPS) is 10.8. The number of carbonyl (C=O) groups is 1. The van der Waals surface area contributed by atoms with Crippen molar-refractivity contribution in [2.45, 2.75) is 6.92 Å². The van der Waals surface area contributed by atoms with Crippen LogP contribution in [0, 0.1) is 12.7 Å². The second kappa shape index (κ2) is 6.35. The van der Waals surface area contributed by atoms with E-state index in [9.17, 15) is 9.18 Å². The maximum atomic E-state index is 13.4. The Kier molecular flexibility index (Phi) is 4.53. The molecule has 0 heterocycles. The van der Waals surface area contributed by atoms with Gasteiger partial charge in [0.2, 0.25) is 5.91 Å². The number of nitrogens with one attached hydrogen (secondary N) is 1. The number of carbonyl (C=O) groups excluding carboxylic acids is 1. The van der Waals surface area contributed by atoms with Crippen molar-refractivity contribution >= 4 is 29.3 Å². The van der Waals surface area contributed by atoms with E-state index in [1.54, 1.807) is 30.3 Å². The lowest BCUT2D eigenvalue weighted by Gasteiger charge is -2.05. The van der Waals surface area contributed by atoms with Crippen molar-refractivity contribution in [2.75, 3.05) is 5.32 Å². The third-order valence-corrected chi connectivity index (χ3v) is 3.01. The fourth-order valence-corrected chi connectivity index (χ4v) is 1.95. The summed E-state index contributed by atoms with van der Waals surface area (Å²) >= 11 is 6.02. The van der Waals surface area contributed by atoms with E-state index in [4.69, 9.17) is 11.6 Å². The van der Waals surface area contributed by atoms with Gasteiger partial charge >= 0.3 is 0 Å². The highest BCUT2D eigenvalue weighted by Crippen LogP contribution is 2.22. The summed E-state index contributed by atoms with van der Waals surface area (Å²) in [4.78, 5) is 11.8. The van der Waals surface area contributed by atoms with Crippen LogP contribution in [0.15, 0.2) is 48.5 Å². The lowest BCUT2D eigenvalue weighted by molar-refractivity contribution is -0.111. The van der Waals surface area contributed by atoms with Gasteiger partial charge in [-0.15, -0.1) is 0 Å². The molecule has 2 rings (SSSR count). The van der Waals surface area contributed by atoms with E-state index in [0.29, 0.717) is 16.3 Å². The summed E-state index contributed by atoms with van der Waals surface area (Å²) in [5.41, 5.74) is 1.90. The van der Waals surface area contributed by atoms with Gasteiger partial charge in [0, 0.05) is 11.6 Å². The molecule has 2 aromatic rings. The SMILES string of the molecule is Cc1ccc(NC(=O)/C=C/c2ccccc2F)c(Cl)c1. The largest absolute Gasteiger partial charge is 0.321 e. The van der Waals surface area contributed by atoms with Gasteiger partial charge in [0.15, 0.2) is 0 Å². The number of rotatable bonds is 3. The Hall–Kier alpha value is -2.13. The minimum absolute atomic E-state index is 0.359. The molecule has 1 amide bonds. The van der Waals surface area contributed by atoms with Crippen LogP contribution in [-0.4, -0.2) is 5.91 Å². The van der Waals surface area contributed by atoms with Gasteiger partial charge in [0.25, 0.3) is 0 Å². The van der Waals surface area contributed by atoms with Crippen LogP contribution < -0.4 is 5.32 Å². The molecule has 20 heavy (non-hydrogen) atoms. The van der Waals surface area contributed by atoms with Crippen LogP contribution in [0.4, 0.5) is 10.1 Å². The van der Waals surface area contributed by atoms with Crippen LogP contribution in [0.5, 0.6) is 0 Å². The maximum Gasteiger partial charge on any atom is 0.248 e. The minimum Gasteiger partial charge on any atom is -0.321 e. The van der Waals surface area contributed by atoms with Crippen LogP contribution in [0.25, 0.3) is 6.08 Å². The van der Waals surface area contributed by atoms with Gasteiger partial charge < -0.3 is 5.32 Å². The average molecular weight is 290 g/mol. The molecule has 102 valence electrons. The summed E-state index contributed by atoms with van der Waals surface area (Å²) in [5.74, 6) is -0.732. The van der Waals surface area contributed by atoms with Crippen molar-refractivity contribution in [1.29, 1.82) is 0 Å². The highest BCUT2D eigenvalue weighted by molar-refractivity contribution is 6.33. The number of benzene rings is 2. The zero-order valence-corrected chi connectivity index (χ0v) is 11.6. The molecule has 0 spiro atoms. The van der Waals surface area contributed by atoms with Gasteiger partial charge in [-0.3, -0.25) is 4.79 Å². The number of halogens is 2. The van der Waals surface area contributed by atoms with E-state index in [1.165, 1.54) is 18.2 Å². The molecular weight excluding hydrogens is 277 g/mol. The zero-order valence-electron chi connectivity index (χ0n) is 10.9. The van der Waals surface area contributed by atoms with Crippen molar-refractivity contribution in [3.63, 3.8) is 0 Å². The quantitative estimate of drug-likeness (QED) is 0.832. The Morgan fingerprint density at radius 3 is 2.70 bits per heavy atom. The first-order valence-electron chi connectivity index (χ1n) is 6.06. The van der Waals surface area contributed by atoms with Gasteiger partial charge in [0.05, 0.1) is 10.7 Å². The fraction of sp³-hybridized carbons (Fsp3) is 0.0625. The van der Waals surface area contributed by atoms with Gasteiger partial charge in [-0.25, -0.2) is 4.39 Å². The van der Waals surface area contributed by atoms with E-state index in [0.717, 1.165) is 5.56 Å². The van der Waals surface area contributed by atoms with Gasteiger partial charge in [0.1, 0.15) is 5.82 Å². The molecule has 0 unspecified atom stereocenters. The van der Waals surface area contributed by atoms with Crippen molar-refractivity contribution in [3.8, 4) is 0 Å². The Bertz CT molecular complexity index is 667. The fourth-order valence-electron chi connectivity index (χ4n) is 1.67. The summed E-state index contributed by atoms with van der Waals surface area (Å²) in [7, 11) is 0. The minimum atomic E-state index is -0.370. The number of hydrogen-bond donors (Lipinski definition) is 1. The van der Waals surface area contributed by atoms with Crippen molar-refractivity contribution in [2.24, 2.45) is 0 Å². The first-order chi connectivity index (χ1) is 9.56. The molecule has 0 bridgehead atoms.